The fourth-order valence-corrected chi connectivity index (χ4v) is 1.16. The van der Waals surface area contributed by atoms with Crippen LogP contribution < -0.4 is 0 Å². The zero-order valence-electron chi connectivity index (χ0n) is 7.10. The van der Waals surface area contributed by atoms with Gasteiger partial charge in [0.25, 0.3) is 0 Å². The van der Waals surface area contributed by atoms with Gasteiger partial charge < -0.3 is 4.74 Å². The molecular formula is C11H9OTi-. The summed E-state index contributed by atoms with van der Waals surface area (Å²) in [5, 5.41) is 0. The molecule has 13 heavy (non-hydrogen) atoms. The van der Waals surface area contributed by atoms with Gasteiger partial charge in [-0.2, -0.15) is 30.3 Å². The van der Waals surface area contributed by atoms with Crippen LogP contribution in [0.5, 0.6) is 0 Å². The second-order valence-electron chi connectivity index (χ2n) is 2.61. The average Bonchev–Trinajstić information content (AvgIpc) is 2.21. The van der Waals surface area contributed by atoms with Crippen molar-refractivity contribution in [3.05, 3.63) is 60.4 Å². The zero-order valence-corrected chi connectivity index (χ0v) is 8.67. The molecule has 2 heteroatoms. The van der Waals surface area contributed by atoms with Gasteiger partial charge in [0.15, 0.2) is 0 Å². The van der Waals surface area contributed by atoms with Crippen molar-refractivity contribution in [2.75, 3.05) is 0 Å². The molecule has 1 aromatic carbocycles. The van der Waals surface area contributed by atoms with Crippen LogP contribution in [0.1, 0.15) is 11.7 Å². The summed E-state index contributed by atoms with van der Waals surface area (Å²) in [6.07, 6.45) is 7.65. The van der Waals surface area contributed by atoms with Gasteiger partial charge in [0.1, 0.15) is 0 Å². The van der Waals surface area contributed by atoms with Gasteiger partial charge in [0.05, 0.1) is 12.4 Å². The van der Waals surface area contributed by atoms with Gasteiger partial charge in [-0.1, -0.05) is 12.2 Å². The summed E-state index contributed by atoms with van der Waals surface area (Å²) >= 11 is 0. The van der Waals surface area contributed by atoms with Crippen LogP contribution in [-0.4, -0.2) is 0 Å². The molecule has 0 fully saturated rings. The molecule has 1 unspecified atom stereocenters. The van der Waals surface area contributed by atoms with Gasteiger partial charge >= 0.3 is 0 Å². The summed E-state index contributed by atoms with van der Waals surface area (Å²) in [5.41, 5.74) is 1.14. The molecule has 0 spiro atoms. The van der Waals surface area contributed by atoms with E-state index < -0.39 is 0 Å². The van der Waals surface area contributed by atoms with Crippen LogP contribution in [0.3, 0.4) is 0 Å². The van der Waals surface area contributed by atoms with Crippen molar-refractivity contribution in [2.24, 2.45) is 0 Å². The summed E-state index contributed by atoms with van der Waals surface area (Å²) < 4.78 is 5.38. The van der Waals surface area contributed by atoms with E-state index in [2.05, 4.69) is 6.07 Å². The third-order valence-corrected chi connectivity index (χ3v) is 1.76. The molecule has 1 nitrogen and oxygen atoms in total. The minimum atomic E-state index is 0. The Kier molecular flexibility index (Phi) is 4.00. The van der Waals surface area contributed by atoms with Crippen LogP contribution in [0.25, 0.3) is 0 Å². The van der Waals surface area contributed by atoms with E-state index in [9.17, 15) is 0 Å². The van der Waals surface area contributed by atoms with E-state index in [1.54, 1.807) is 6.26 Å². The second kappa shape index (κ2) is 5.05. The SMILES string of the molecule is [Ti].[c-]1cccc(C2C=CC=CO2)c1. The number of hydrogen-bond donors (Lipinski definition) is 0. The molecule has 0 aromatic heterocycles. The molecule has 1 aromatic rings. The predicted molar refractivity (Wildman–Crippen MR) is 47.4 cm³/mol. The second-order valence-corrected chi connectivity index (χ2v) is 2.61. The van der Waals surface area contributed by atoms with Crippen molar-refractivity contribution < 1.29 is 26.5 Å². The third kappa shape index (κ3) is 2.58. The number of ether oxygens (including phenoxy) is 1. The maximum absolute atomic E-state index is 5.38. The van der Waals surface area contributed by atoms with Crippen LogP contribution in [0, 0.1) is 6.07 Å². The van der Waals surface area contributed by atoms with Gasteiger partial charge in [0, 0.05) is 21.7 Å². The number of rotatable bonds is 1. The maximum Gasteiger partial charge on any atom is 0.0982 e. The Morgan fingerprint density at radius 1 is 1.31 bits per heavy atom. The zero-order chi connectivity index (χ0) is 8.23. The monoisotopic (exact) mass is 205 g/mol. The number of benzene rings is 1. The Morgan fingerprint density at radius 2 is 2.23 bits per heavy atom. The molecule has 1 heterocycles. The summed E-state index contributed by atoms with van der Waals surface area (Å²) in [5.74, 6) is 0. The van der Waals surface area contributed by atoms with Gasteiger partial charge in [-0.3, -0.25) is 0 Å². The van der Waals surface area contributed by atoms with Gasteiger partial charge in [0.2, 0.25) is 0 Å². The van der Waals surface area contributed by atoms with E-state index >= 15 is 0 Å². The maximum atomic E-state index is 5.38. The summed E-state index contributed by atoms with van der Waals surface area (Å²) in [6, 6.07) is 10.8. The molecule has 2 rings (SSSR count). The first-order valence-electron chi connectivity index (χ1n) is 3.91. The van der Waals surface area contributed by atoms with Crippen LogP contribution >= 0.6 is 0 Å². The molecule has 0 N–H and O–H groups in total. The standard InChI is InChI=1S/C11H9O.Ti/c1-2-6-10(7-3-1)11-8-4-5-9-12-11;/h1-2,4-9,11H;/q-1;. The van der Waals surface area contributed by atoms with Crippen LogP contribution in [-0.2, 0) is 26.5 Å². The summed E-state index contributed by atoms with van der Waals surface area (Å²) in [6.45, 7) is 0. The summed E-state index contributed by atoms with van der Waals surface area (Å²) in [7, 11) is 0. The first-order valence-corrected chi connectivity index (χ1v) is 3.91. The summed E-state index contributed by atoms with van der Waals surface area (Å²) in [4.78, 5) is 0. The van der Waals surface area contributed by atoms with Gasteiger partial charge in [-0.15, -0.1) is 5.56 Å². The van der Waals surface area contributed by atoms with Crippen LogP contribution in [0.2, 0.25) is 0 Å². The quantitative estimate of drug-likeness (QED) is 0.505. The first-order chi connectivity index (χ1) is 5.97. The Morgan fingerprint density at radius 3 is 2.85 bits per heavy atom. The van der Waals surface area contributed by atoms with Crippen molar-refractivity contribution in [1.29, 1.82) is 0 Å². The fraction of sp³-hybridized carbons (Fsp3) is 0.0909. The molecule has 64 valence electrons. The fourth-order valence-electron chi connectivity index (χ4n) is 1.16. The molecule has 1 aliphatic heterocycles. The molecule has 0 radical (unpaired) electrons. The van der Waals surface area contributed by atoms with Crippen molar-refractivity contribution in [1.82, 2.24) is 0 Å². The molecule has 0 amide bonds. The molecular weight excluding hydrogens is 196 g/mol. The molecule has 1 atom stereocenters. The van der Waals surface area contributed by atoms with Crippen molar-refractivity contribution in [2.45, 2.75) is 6.10 Å². The molecule has 0 aliphatic carbocycles. The molecule has 0 saturated carbocycles. The first kappa shape index (κ1) is 10.3. The van der Waals surface area contributed by atoms with Crippen molar-refractivity contribution >= 4 is 0 Å². The van der Waals surface area contributed by atoms with Crippen molar-refractivity contribution in [3.63, 3.8) is 0 Å². The van der Waals surface area contributed by atoms with E-state index in [-0.39, 0.29) is 27.8 Å². The van der Waals surface area contributed by atoms with E-state index in [0.717, 1.165) is 5.56 Å². The van der Waals surface area contributed by atoms with Crippen LogP contribution in [0.15, 0.2) is 48.8 Å². The normalized spacial score (nSPS) is 18.9. The van der Waals surface area contributed by atoms with Gasteiger partial charge in [-0.05, 0) is 6.08 Å². The largest absolute Gasteiger partial charge is 0.501 e. The Bertz CT molecular complexity index is 303. The van der Waals surface area contributed by atoms with E-state index in [0.29, 0.717) is 0 Å². The smallest absolute Gasteiger partial charge is 0.0982 e. The Labute approximate surface area is 93.0 Å². The minimum absolute atomic E-state index is 0. The van der Waals surface area contributed by atoms with Gasteiger partial charge in [-0.25, -0.2) is 0 Å². The van der Waals surface area contributed by atoms with Crippen molar-refractivity contribution in [3.8, 4) is 0 Å². The molecule has 0 bridgehead atoms. The number of allylic oxidation sites excluding steroid dienone is 2. The third-order valence-electron chi connectivity index (χ3n) is 1.76. The molecule has 1 aliphatic rings. The minimum Gasteiger partial charge on any atom is -0.501 e. The number of hydrogen-bond acceptors (Lipinski definition) is 1. The van der Waals surface area contributed by atoms with Crippen LogP contribution in [0.4, 0.5) is 0 Å². The van der Waals surface area contributed by atoms with E-state index in [4.69, 9.17) is 4.74 Å². The average molecular weight is 205 g/mol. The van der Waals surface area contributed by atoms with E-state index in [1.807, 2.05) is 42.5 Å². The van der Waals surface area contributed by atoms with E-state index in [1.165, 1.54) is 0 Å². The topological polar surface area (TPSA) is 9.23 Å². The molecule has 0 saturated heterocycles. The predicted octanol–water partition coefficient (Wildman–Crippen LogP) is 2.63. The Balaban J connectivity index is 0.000000845. The Hall–Kier alpha value is -0.786.